The van der Waals surface area contributed by atoms with Crippen LogP contribution in [0.4, 0.5) is 4.79 Å². The topological polar surface area (TPSA) is 69.7 Å². The number of carbonyl (C=O) groups is 1. The molecule has 2 fully saturated rings. The molecule has 0 bridgehead atoms. The molecule has 0 aromatic carbocycles. The minimum Gasteiger partial charge on any atom is -0.444 e. The van der Waals surface area contributed by atoms with E-state index in [2.05, 4.69) is 16.4 Å². The number of amides is 1. The highest BCUT2D eigenvalue weighted by Gasteiger charge is 2.49. The van der Waals surface area contributed by atoms with Crippen molar-refractivity contribution in [1.29, 1.82) is 0 Å². The fourth-order valence-corrected chi connectivity index (χ4v) is 4.02. The lowest BCUT2D eigenvalue weighted by molar-refractivity contribution is -0.108. The lowest BCUT2D eigenvalue weighted by Crippen LogP contribution is -2.49. The Balaban J connectivity index is 1.71. The fourth-order valence-electron chi connectivity index (χ4n) is 4.02. The summed E-state index contributed by atoms with van der Waals surface area (Å²) in [5, 5.41) is 2.90. The Morgan fingerprint density at radius 3 is 2.81 bits per heavy atom. The van der Waals surface area contributed by atoms with Crippen LogP contribution in [0.25, 0.3) is 0 Å². The molecular weight excluding hydrogens is 332 g/mol. The summed E-state index contributed by atoms with van der Waals surface area (Å²) in [6.07, 6.45) is 4.94. The van der Waals surface area contributed by atoms with Crippen molar-refractivity contribution in [2.24, 2.45) is 0 Å². The molecule has 26 heavy (non-hydrogen) atoms. The van der Waals surface area contributed by atoms with Gasteiger partial charge in [0.1, 0.15) is 5.60 Å². The van der Waals surface area contributed by atoms with Crippen LogP contribution in [0.3, 0.4) is 0 Å². The van der Waals surface area contributed by atoms with Crippen molar-refractivity contribution in [1.82, 2.24) is 10.3 Å². The van der Waals surface area contributed by atoms with Gasteiger partial charge in [-0.1, -0.05) is 6.07 Å². The Morgan fingerprint density at radius 2 is 2.15 bits per heavy atom. The van der Waals surface area contributed by atoms with Crippen LogP contribution in [0.2, 0.25) is 0 Å². The number of pyridine rings is 1. The van der Waals surface area contributed by atoms with Crippen molar-refractivity contribution in [3.63, 3.8) is 0 Å². The maximum atomic E-state index is 12.0. The molecular formula is C20H30N2O4. The second kappa shape index (κ2) is 7.53. The molecule has 3 rings (SSSR count). The Morgan fingerprint density at radius 1 is 1.31 bits per heavy atom. The number of hydrogen-bond donors (Lipinski definition) is 1. The van der Waals surface area contributed by atoms with Crippen molar-refractivity contribution < 1.29 is 19.0 Å². The van der Waals surface area contributed by atoms with Gasteiger partial charge in [-0.25, -0.2) is 4.79 Å². The fraction of sp³-hybridized carbons (Fsp3) is 0.700. The van der Waals surface area contributed by atoms with Crippen molar-refractivity contribution >= 4 is 6.09 Å². The Labute approximate surface area is 155 Å². The first-order valence-corrected chi connectivity index (χ1v) is 9.43. The zero-order valence-electron chi connectivity index (χ0n) is 16.0. The Hall–Kier alpha value is -1.66. The molecule has 2 aliphatic rings. The number of nitrogens with zero attached hydrogens (tertiary/aromatic N) is 1. The highest BCUT2D eigenvalue weighted by molar-refractivity contribution is 5.67. The van der Waals surface area contributed by atoms with E-state index in [4.69, 9.17) is 14.2 Å². The third kappa shape index (κ3) is 4.54. The monoisotopic (exact) mass is 362 g/mol. The summed E-state index contributed by atoms with van der Waals surface area (Å²) in [5.74, 6) is 0. The second-order valence-corrected chi connectivity index (χ2v) is 8.43. The minimum absolute atomic E-state index is 0.123. The predicted octanol–water partition coefficient (Wildman–Crippen LogP) is 3.20. The van der Waals surface area contributed by atoms with Crippen LogP contribution in [-0.2, 0) is 19.6 Å². The number of alkyl carbamates (subject to hydrolysis) is 1. The molecule has 0 aliphatic carbocycles. The highest BCUT2D eigenvalue weighted by atomic mass is 16.6. The lowest BCUT2D eigenvalue weighted by atomic mass is 9.68. The second-order valence-electron chi connectivity index (χ2n) is 8.43. The molecule has 1 spiro atoms. The SMILES string of the molecule is CC(C)(C)OC(=O)NCCC1(c2ccccn2)CCOC2(CCOC2)C1. The molecule has 2 atom stereocenters. The largest absolute Gasteiger partial charge is 0.444 e. The van der Waals surface area contributed by atoms with E-state index >= 15 is 0 Å². The van der Waals surface area contributed by atoms with Crippen LogP contribution in [0.15, 0.2) is 24.4 Å². The van der Waals surface area contributed by atoms with E-state index in [0.717, 1.165) is 38.0 Å². The highest BCUT2D eigenvalue weighted by Crippen LogP contribution is 2.46. The number of aromatic nitrogens is 1. The quantitative estimate of drug-likeness (QED) is 0.891. The van der Waals surface area contributed by atoms with Crippen molar-refractivity contribution in [3.05, 3.63) is 30.1 Å². The zero-order chi connectivity index (χ0) is 18.7. The molecule has 144 valence electrons. The van der Waals surface area contributed by atoms with Gasteiger partial charge in [0.15, 0.2) is 0 Å². The first-order chi connectivity index (χ1) is 12.3. The van der Waals surface area contributed by atoms with E-state index in [1.54, 1.807) is 0 Å². The molecule has 2 unspecified atom stereocenters. The first-order valence-electron chi connectivity index (χ1n) is 9.43. The number of ether oxygens (including phenoxy) is 3. The molecule has 2 saturated heterocycles. The van der Waals surface area contributed by atoms with E-state index < -0.39 is 5.60 Å². The molecule has 3 heterocycles. The van der Waals surface area contributed by atoms with Gasteiger partial charge in [0.25, 0.3) is 0 Å². The van der Waals surface area contributed by atoms with Gasteiger partial charge >= 0.3 is 6.09 Å². The Kier molecular flexibility index (Phi) is 5.53. The first kappa shape index (κ1) is 19.1. The summed E-state index contributed by atoms with van der Waals surface area (Å²) in [6.45, 7) is 8.21. The van der Waals surface area contributed by atoms with Crippen LogP contribution >= 0.6 is 0 Å². The molecule has 6 nitrogen and oxygen atoms in total. The molecule has 1 N–H and O–H groups in total. The molecule has 1 amide bonds. The van der Waals surface area contributed by atoms with Crippen LogP contribution in [-0.4, -0.2) is 48.6 Å². The summed E-state index contributed by atoms with van der Waals surface area (Å²) in [4.78, 5) is 16.6. The molecule has 0 saturated carbocycles. The third-order valence-electron chi connectivity index (χ3n) is 5.20. The van der Waals surface area contributed by atoms with E-state index in [1.165, 1.54) is 0 Å². The van der Waals surface area contributed by atoms with Crippen LogP contribution in [0.1, 0.15) is 52.1 Å². The van der Waals surface area contributed by atoms with Gasteiger partial charge in [0.2, 0.25) is 0 Å². The number of hydrogen-bond acceptors (Lipinski definition) is 5. The van der Waals surface area contributed by atoms with E-state index in [1.807, 2.05) is 39.1 Å². The molecule has 1 aromatic rings. The summed E-state index contributed by atoms with van der Waals surface area (Å²) in [6, 6.07) is 6.05. The van der Waals surface area contributed by atoms with Gasteiger partial charge in [0.05, 0.1) is 12.2 Å². The molecule has 1 aromatic heterocycles. The maximum absolute atomic E-state index is 12.0. The van der Waals surface area contributed by atoms with Crippen LogP contribution < -0.4 is 5.32 Å². The van der Waals surface area contributed by atoms with E-state index in [-0.39, 0.29) is 17.1 Å². The summed E-state index contributed by atoms with van der Waals surface area (Å²) in [5.41, 5.74) is 0.233. The van der Waals surface area contributed by atoms with Gasteiger partial charge in [-0.3, -0.25) is 4.98 Å². The summed E-state index contributed by atoms with van der Waals surface area (Å²) >= 11 is 0. The molecule has 0 radical (unpaired) electrons. The van der Waals surface area contributed by atoms with E-state index in [0.29, 0.717) is 19.8 Å². The average Bonchev–Trinajstić information content (AvgIpc) is 3.01. The standard InChI is InChI=1S/C20H30N2O4/c1-18(2,3)26-17(23)22-11-7-19(16-6-4-5-10-21-16)8-13-25-20(14-19)9-12-24-15-20/h4-6,10H,7-9,11-15H2,1-3H3,(H,22,23). The molecule has 2 aliphatic heterocycles. The van der Waals surface area contributed by atoms with Gasteiger partial charge in [-0.2, -0.15) is 0 Å². The van der Waals surface area contributed by atoms with Crippen LogP contribution in [0.5, 0.6) is 0 Å². The van der Waals surface area contributed by atoms with Crippen LogP contribution in [0, 0.1) is 0 Å². The zero-order valence-corrected chi connectivity index (χ0v) is 16.0. The maximum Gasteiger partial charge on any atom is 0.407 e. The molecule has 6 heteroatoms. The lowest BCUT2D eigenvalue weighted by Gasteiger charge is -2.45. The smallest absolute Gasteiger partial charge is 0.407 e. The number of carbonyl (C=O) groups excluding carboxylic acids is 1. The number of nitrogens with one attached hydrogen (secondary N) is 1. The van der Waals surface area contributed by atoms with Crippen molar-refractivity contribution in [2.45, 2.75) is 63.1 Å². The Bertz CT molecular complexity index is 608. The van der Waals surface area contributed by atoms with Gasteiger partial charge in [-0.05, 0) is 52.2 Å². The van der Waals surface area contributed by atoms with E-state index in [9.17, 15) is 4.79 Å². The summed E-state index contributed by atoms with van der Waals surface area (Å²) in [7, 11) is 0. The average molecular weight is 362 g/mol. The van der Waals surface area contributed by atoms with Crippen molar-refractivity contribution in [2.75, 3.05) is 26.4 Å². The number of rotatable bonds is 4. The normalized spacial score (nSPS) is 28.9. The van der Waals surface area contributed by atoms with Gasteiger partial charge < -0.3 is 19.5 Å². The minimum atomic E-state index is -0.493. The van der Waals surface area contributed by atoms with Crippen molar-refractivity contribution in [3.8, 4) is 0 Å². The van der Waals surface area contributed by atoms with Gasteiger partial charge in [0, 0.05) is 43.5 Å². The van der Waals surface area contributed by atoms with Gasteiger partial charge in [-0.15, -0.1) is 0 Å². The summed E-state index contributed by atoms with van der Waals surface area (Å²) < 4.78 is 17.1. The predicted molar refractivity (Wildman–Crippen MR) is 98.1 cm³/mol. The third-order valence-corrected chi connectivity index (χ3v) is 5.20.